The molecule has 0 N–H and O–H groups in total. The minimum absolute atomic E-state index is 0.179. The summed E-state index contributed by atoms with van der Waals surface area (Å²) >= 11 is 5.37. The summed E-state index contributed by atoms with van der Waals surface area (Å²) in [5.41, 5.74) is 2.11. The van der Waals surface area contributed by atoms with E-state index in [4.69, 9.17) is 16.6 Å². The Kier molecular flexibility index (Phi) is 11.5. The third-order valence-corrected chi connectivity index (χ3v) is 6.34. The minimum atomic E-state index is -0.775. The van der Waals surface area contributed by atoms with Gasteiger partial charge in [0, 0.05) is 6.42 Å². The molecule has 0 amide bonds. The molecule has 5 heteroatoms. The average Bonchev–Trinajstić information content (AvgIpc) is 2.83. The molecule has 0 saturated heterocycles. The molecule has 0 unspecified atom stereocenters. The summed E-state index contributed by atoms with van der Waals surface area (Å²) < 4.78 is 10.0. The molecule has 1 atom stereocenters. The second kappa shape index (κ2) is 14.0. The van der Waals surface area contributed by atoms with Gasteiger partial charge in [0.1, 0.15) is 17.6 Å². The maximum absolute atomic E-state index is 12.2. The van der Waals surface area contributed by atoms with Crippen LogP contribution in [0.4, 0.5) is 0 Å². The van der Waals surface area contributed by atoms with Crippen molar-refractivity contribution < 1.29 is 18.6 Å². The van der Waals surface area contributed by atoms with E-state index in [0.717, 1.165) is 36.0 Å². The summed E-state index contributed by atoms with van der Waals surface area (Å²) in [5.74, 6) is -0.0628. The van der Waals surface area contributed by atoms with Crippen molar-refractivity contribution in [2.24, 2.45) is 0 Å². The van der Waals surface area contributed by atoms with Gasteiger partial charge in [0.25, 0.3) is 0 Å². The van der Waals surface area contributed by atoms with E-state index in [9.17, 15) is 9.59 Å². The highest BCUT2D eigenvalue weighted by Gasteiger charge is 2.36. The van der Waals surface area contributed by atoms with Gasteiger partial charge in [-0.15, -0.1) is 0 Å². The molecule has 0 heterocycles. The molecule has 0 fully saturated rings. The molecule has 2 aromatic carbocycles. The lowest BCUT2D eigenvalue weighted by Crippen LogP contribution is -2.32. The molecule has 180 valence electrons. The Labute approximate surface area is 203 Å². The Bertz CT molecular complexity index is 860. The fourth-order valence-electron chi connectivity index (χ4n) is 4.10. The third kappa shape index (κ3) is 8.19. The normalized spacial score (nSPS) is 12.7. The topological polar surface area (TPSA) is 52.6 Å². The number of benzene rings is 2. The Morgan fingerprint density at radius 1 is 0.788 bits per heavy atom. The van der Waals surface area contributed by atoms with Crippen LogP contribution >= 0.6 is 11.9 Å². The molecule has 0 aliphatic carbocycles. The highest BCUT2D eigenvalue weighted by atomic mass is 35.5. The molecule has 0 saturated carbocycles. The second-order valence-corrected chi connectivity index (χ2v) is 9.05. The van der Waals surface area contributed by atoms with Gasteiger partial charge >= 0.3 is 11.9 Å². The Balaban J connectivity index is 1.90. The monoisotopic (exact) mass is 472 g/mol. The van der Waals surface area contributed by atoms with Crippen LogP contribution in [0.3, 0.4) is 0 Å². The van der Waals surface area contributed by atoms with Crippen molar-refractivity contribution in [3.63, 3.8) is 0 Å². The Morgan fingerprint density at radius 3 is 1.88 bits per heavy atom. The van der Waals surface area contributed by atoms with Crippen LogP contribution in [-0.4, -0.2) is 11.9 Å². The number of unbranched alkanes of at least 4 members (excludes halogenated alkanes) is 6. The molecular formula is C28H37ClO4. The number of rotatable bonds is 14. The summed E-state index contributed by atoms with van der Waals surface area (Å²) in [6.45, 7) is 6.09. The van der Waals surface area contributed by atoms with Gasteiger partial charge in [-0.25, -0.2) is 4.79 Å². The van der Waals surface area contributed by atoms with Crippen molar-refractivity contribution in [1.82, 2.24) is 0 Å². The van der Waals surface area contributed by atoms with E-state index in [0.29, 0.717) is 18.6 Å². The maximum Gasteiger partial charge on any atom is 0.334 e. The maximum atomic E-state index is 12.2. The van der Waals surface area contributed by atoms with Gasteiger partial charge in [0.2, 0.25) is 0 Å². The van der Waals surface area contributed by atoms with Gasteiger partial charge in [-0.2, -0.15) is 0 Å². The molecular weight excluding hydrogens is 436 g/mol. The van der Waals surface area contributed by atoms with Crippen molar-refractivity contribution in [3.8, 4) is 16.9 Å². The molecule has 0 aliphatic heterocycles. The van der Waals surface area contributed by atoms with E-state index in [-0.39, 0.29) is 5.97 Å². The average molecular weight is 473 g/mol. The summed E-state index contributed by atoms with van der Waals surface area (Å²) in [5, 5.41) is 0. The lowest BCUT2D eigenvalue weighted by molar-refractivity contribution is -0.140. The lowest BCUT2D eigenvalue weighted by Gasteiger charge is -2.26. The summed E-state index contributed by atoms with van der Waals surface area (Å²) in [6, 6.07) is 15.3. The molecule has 4 nitrogen and oxygen atoms in total. The van der Waals surface area contributed by atoms with Crippen molar-refractivity contribution in [3.05, 3.63) is 54.1 Å². The largest absolute Gasteiger partial charge is 0.427 e. The lowest BCUT2D eigenvalue weighted by atomic mass is 9.78. The van der Waals surface area contributed by atoms with Crippen LogP contribution in [0, 0.1) is 0 Å². The molecule has 0 radical (unpaired) electrons. The number of carbonyl (C=O) groups is 2. The highest BCUT2D eigenvalue weighted by molar-refractivity contribution is 6.14. The molecule has 2 rings (SSSR count). The van der Waals surface area contributed by atoms with E-state index in [1.807, 2.05) is 62.4 Å². The summed E-state index contributed by atoms with van der Waals surface area (Å²) in [6.07, 6.45) is 10.2. The van der Waals surface area contributed by atoms with Crippen LogP contribution in [-0.2, 0) is 19.3 Å². The van der Waals surface area contributed by atoms with E-state index in [1.54, 1.807) is 0 Å². The Hall–Kier alpha value is -2.33. The van der Waals surface area contributed by atoms with Crippen LogP contribution < -0.4 is 4.74 Å². The number of halogens is 1. The highest BCUT2D eigenvalue weighted by Crippen LogP contribution is 2.33. The van der Waals surface area contributed by atoms with Gasteiger partial charge in [-0.05, 0) is 48.6 Å². The third-order valence-electron chi connectivity index (χ3n) is 6.20. The van der Waals surface area contributed by atoms with Crippen molar-refractivity contribution in [2.75, 3.05) is 0 Å². The number of esters is 1. The van der Waals surface area contributed by atoms with Crippen LogP contribution in [0.25, 0.3) is 11.1 Å². The summed E-state index contributed by atoms with van der Waals surface area (Å²) in [4.78, 5) is 24.3. The van der Waals surface area contributed by atoms with Crippen molar-refractivity contribution >= 4 is 23.8 Å². The zero-order chi connectivity index (χ0) is 24.1. The first-order chi connectivity index (χ1) is 15.9. The number of hydrogen-bond acceptors (Lipinski definition) is 4. The quantitative estimate of drug-likeness (QED) is 0.158. The number of hydrogen-bond donors (Lipinski definition) is 0. The SMILES string of the molecule is CCCCCCCCCC(=O)Oc1ccc(-c2ccc([C@](C)(CCC)C(=O)OCl)cc2)cc1. The fraction of sp³-hybridized carbons (Fsp3) is 0.500. The Morgan fingerprint density at radius 2 is 1.33 bits per heavy atom. The fourth-order valence-corrected chi connectivity index (χ4v) is 4.27. The van der Waals surface area contributed by atoms with Crippen LogP contribution in [0.15, 0.2) is 48.5 Å². The molecule has 2 aromatic rings. The van der Waals surface area contributed by atoms with Crippen LogP contribution in [0.2, 0.25) is 0 Å². The van der Waals surface area contributed by atoms with Crippen molar-refractivity contribution in [2.45, 2.75) is 90.4 Å². The zero-order valence-corrected chi connectivity index (χ0v) is 21.0. The molecule has 0 aliphatic rings. The number of carbonyl (C=O) groups excluding carboxylic acids is 2. The molecule has 0 aromatic heterocycles. The predicted octanol–water partition coefficient (Wildman–Crippen LogP) is 8.15. The van der Waals surface area contributed by atoms with E-state index < -0.39 is 11.4 Å². The second-order valence-electron chi connectivity index (χ2n) is 8.89. The van der Waals surface area contributed by atoms with E-state index in [2.05, 4.69) is 11.2 Å². The molecule has 0 spiro atoms. The zero-order valence-electron chi connectivity index (χ0n) is 20.2. The summed E-state index contributed by atoms with van der Waals surface area (Å²) in [7, 11) is 0. The first kappa shape index (κ1) is 26.9. The molecule has 33 heavy (non-hydrogen) atoms. The van der Waals surface area contributed by atoms with Gasteiger partial charge in [-0.1, -0.05) is 95.2 Å². The van der Waals surface area contributed by atoms with E-state index in [1.165, 1.54) is 32.1 Å². The van der Waals surface area contributed by atoms with Crippen LogP contribution in [0.5, 0.6) is 5.75 Å². The minimum Gasteiger partial charge on any atom is -0.427 e. The predicted molar refractivity (Wildman–Crippen MR) is 134 cm³/mol. The van der Waals surface area contributed by atoms with Crippen molar-refractivity contribution in [1.29, 1.82) is 0 Å². The van der Waals surface area contributed by atoms with Crippen LogP contribution in [0.1, 0.15) is 90.5 Å². The van der Waals surface area contributed by atoms with Gasteiger partial charge in [0.05, 0.1) is 5.41 Å². The van der Waals surface area contributed by atoms with Gasteiger partial charge in [0.15, 0.2) is 0 Å². The van der Waals surface area contributed by atoms with E-state index >= 15 is 0 Å². The first-order valence-electron chi connectivity index (χ1n) is 12.2. The standard InChI is InChI=1S/C28H37ClO4/c1-4-6-7-8-9-10-11-12-26(30)32-25-19-15-23(16-20-25)22-13-17-24(18-14-22)28(3,21-5-2)27(31)33-29/h13-20H,4-12,21H2,1-3H3/t28-/m0/s1. The number of ether oxygens (including phenoxy) is 1. The van der Waals surface area contributed by atoms with Gasteiger partial charge in [-0.3, -0.25) is 4.79 Å². The first-order valence-corrected chi connectivity index (χ1v) is 12.5. The van der Waals surface area contributed by atoms with Gasteiger partial charge < -0.3 is 9.03 Å². The smallest absolute Gasteiger partial charge is 0.334 e. The molecule has 0 bridgehead atoms.